The van der Waals surface area contributed by atoms with Gasteiger partial charge in [-0.25, -0.2) is 0 Å². The highest BCUT2D eigenvalue weighted by Gasteiger charge is 2.18. The monoisotopic (exact) mass is 300 g/mol. The minimum atomic E-state index is -0.380. The van der Waals surface area contributed by atoms with Crippen molar-refractivity contribution in [1.29, 1.82) is 0 Å². The summed E-state index contributed by atoms with van der Waals surface area (Å²) in [5, 5.41) is 4.14. The van der Waals surface area contributed by atoms with Crippen LogP contribution in [0.15, 0.2) is 46.9 Å². The van der Waals surface area contributed by atoms with Crippen LogP contribution in [0.4, 0.5) is 11.4 Å². The molecule has 0 atom stereocenters. The van der Waals surface area contributed by atoms with Crippen LogP contribution in [0.1, 0.15) is 16.1 Å². The summed E-state index contributed by atoms with van der Waals surface area (Å²) in [6, 6.07) is 12.5. The topological polar surface area (TPSA) is 68.3 Å². The van der Waals surface area contributed by atoms with Gasteiger partial charge in [0.1, 0.15) is 5.58 Å². The van der Waals surface area contributed by atoms with Crippen LogP contribution in [0.3, 0.4) is 0 Å². The zero-order chi connectivity index (χ0) is 15.0. The number of furan rings is 1. The summed E-state index contributed by atoms with van der Waals surface area (Å²) in [5.41, 5.74) is 8.45. The van der Waals surface area contributed by atoms with Gasteiger partial charge >= 0.3 is 0 Å². The standard InChI is InChI=1S/C16H13ClN2O2/c1-9-8-10(17)6-7-12(9)19-16(20)15-14(18)11-4-2-3-5-13(11)21-15/h2-8H,18H2,1H3,(H,19,20). The van der Waals surface area contributed by atoms with Gasteiger partial charge in [0.15, 0.2) is 0 Å². The van der Waals surface area contributed by atoms with E-state index in [4.69, 9.17) is 21.8 Å². The third-order valence-electron chi connectivity index (χ3n) is 3.28. The first-order valence-electron chi connectivity index (χ1n) is 6.41. The van der Waals surface area contributed by atoms with Gasteiger partial charge in [0, 0.05) is 16.1 Å². The molecular formula is C16H13ClN2O2. The second-order valence-corrected chi connectivity index (χ2v) is 5.19. The van der Waals surface area contributed by atoms with Gasteiger partial charge in [-0.15, -0.1) is 0 Å². The molecule has 3 aromatic rings. The van der Waals surface area contributed by atoms with Crippen LogP contribution in [0.25, 0.3) is 11.0 Å². The number of carbonyl (C=O) groups excluding carboxylic acids is 1. The Kier molecular flexibility index (Phi) is 3.31. The van der Waals surface area contributed by atoms with E-state index in [1.807, 2.05) is 25.1 Å². The summed E-state index contributed by atoms with van der Waals surface area (Å²) in [6.45, 7) is 1.86. The van der Waals surface area contributed by atoms with E-state index in [9.17, 15) is 4.79 Å². The largest absolute Gasteiger partial charge is 0.449 e. The molecule has 4 nitrogen and oxygen atoms in total. The van der Waals surface area contributed by atoms with Crippen molar-refractivity contribution in [3.8, 4) is 0 Å². The number of nitrogens with two attached hydrogens (primary N) is 1. The highest BCUT2D eigenvalue weighted by molar-refractivity contribution is 6.30. The highest BCUT2D eigenvalue weighted by atomic mass is 35.5. The number of para-hydroxylation sites is 1. The molecule has 0 aliphatic carbocycles. The molecule has 0 unspecified atom stereocenters. The van der Waals surface area contributed by atoms with Crippen LogP contribution < -0.4 is 11.1 Å². The fourth-order valence-electron chi connectivity index (χ4n) is 2.18. The summed E-state index contributed by atoms with van der Waals surface area (Å²) in [6.07, 6.45) is 0. The summed E-state index contributed by atoms with van der Waals surface area (Å²) >= 11 is 5.90. The number of carbonyl (C=O) groups is 1. The number of rotatable bonds is 2. The van der Waals surface area contributed by atoms with E-state index in [1.165, 1.54) is 0 Å². The lowest BCUT2D eigenvalue weighted by molar-refractivity contribution is 0.0999. The normalized spacial score (nSPS) is 10.8. The summed E-state index contributed by atoms with van der Waals surface area (Å²) < 4.78 is 5.53. The smallest absolute Gasteiger partial charge is 0.293 e. The molecule has 0 radical (unpaired) electrons. The van der Waals surface area contributed by atoms with E-state index in [0.717, 1.165) is 10.9 Å². The van der Waals surface area contributed by atoms with Crippen LogP contribution in [-0.2, 0) is 0 Å². The number of hydrogen-bond donors (Lipinski definition) is 2. The summed E-state index contributed by atoms with van der Waals surface area (Å²) in [5.74, 6) is -0.264. The molecule has 2 aromatic carbocycles. The van der Waals surface area contributed by atoms with Gasteiger partial charge in [-0.05, 0) is 42.8 Å². The molecule has 3 N–H and O–H groups in total. The van der Waals surface area contributed by atoms with Crippen LogP contribution in [-0.4, -0.2) is 5.91 Å². The van der Waals surface area contributed by atoms with Gasteiger partial charge in [0.05, 0.1) is 5.69 Å². The fourth-order valence-corrected chi connectivity index (χ4v) is 2.41. The number of anilines is 2. The van der Waals surface area contributed by atoms with Crippen LogP contribution in [0, 0.1) is 6.92 Å². The zero-order valence-corrected chi connectivity index (χ0v) is 12.1. The predicted octanol–water partition coefficient (Wildman–Crippen LogP) is 4.23. The predicted molar refractivity (Wildman–Crippen MR) is 84.8 cm³/mol. The summed E-state index contributed by atoms with van der Waals surface area (Å²) in [7, 11) is 0. The van der Waals surface area contributed by atoms with Crippen LogP contribution >= 0.6 is 11.6 Å². The molecule has 0 saturated heterocycles. The van der Waals surface area contributed by atoms with Crippen LogP contribution in [0.5, 0.6) is 0 Å². The summed E-state index contributed by atoms with van der Waals surface area (Å²) in [4.78, 5) is 12.3. The van der Waals surface area contributed by atoms with Gasteiger partial charge in [-0.1, -0.05) is 23.7 Å². The fraction of sp³-hybridized carbons (Fsp3) is 0.0625. The molecule has 0 fully saturated rings. The van der Waals surface area contributed by atoms with E-state index in [-0.39, 0.29) is 11.7 Å². The Morgan fingerprint density at radius 2 is 2.00 bits per heavy atom. The van der Waals surface area contributed by atoms with Gasteiger partial charge in [-0.3, -0.25) is 4.79 Å². The number of nitrogens with one attached hydrogen (secondary N) is 1. The van der Waals surface area contributed by atoms with E-state index >= 15 is 0 Å². The number of nitrogen functional groups attached to an aromatic ring is 1. The first-order valence-corrected chi connectivity index (χ1v) is 6.78. The molecule has 1 heterocycles. The molecule has 1 aromatic heterocycles. The first kappa shape index (κ1) is 13.5. The molecule has 0 bridgehead atoms. The Morgan fingerprint density at radius 3 is 2.71 bits per heavy atom. The van der Waals surface area contributed by atoms with Crippen molar-refractivity contribution in [1.82, 2.24) is 0 Å². The molecule has 3 rings (SSSR count). The average Bonchev–Trinajstić information content (AvgIpc) is 2.80. The van der Waals surface area contributed by atoms with Crippen molar-refractivity contribution in [3.05, 3.63) is 58.8 Å². The van der Waals surface area contributed by atoms with Gasteiger partial charge in [0.25, 0.3) is 5.91 Å². The van der Waals surface area contributed by atoms with E-state index in [2.05, 4.69) is 5.32 Å². The molecule has 5 heteroatoms. The second kappa shape index (κ2) is 5.14. The van der Waals surface area contributed by atoms with E-state index < -0.39 is 0 Å². The van der Waals surface area contributed by atoms with Crippen molar-refractivity contribution >= 4 is 39.9 Å². The Labute approximate surface area is 126 Å². The zero-order valence-electron chi connectivity index (χ0n) is 11.3. The second-order valence-electron chi connectivity index (χ2n) is 4.75. The third-order valence-corrected chi connectivity index (χ3v) is 3.51. The molecular weight excluding hydrogens is 288 g/mol. The number of amides is 1. The molecule has 0 aliphatic rings. The minimum Gasteiger partial charge on any atom is -0.449 e. The molecule has 106 valence electrons. The lowest BCUT2D eigenvalue weighted by atomic mass is 10.2. The van der Waals surface area contributed by atoms with Crippen molar-refractivity contribution in [2.75, 3.05) is 11.1 Å². The van der Waals surface area contributed by atoms with E-state index in [0.29, 0.717) is 22.0 Å². The number of fused-ring (bicyclic) bond motifs is 1. The molecule has 0 saturated carbocycles. The van der Waals surface area contributed by atoms with Crippen molar-refractivity contribution in [2.45, 2.75) is 6.92 Å². The number of hydrogen-bond acceptors (Lipinski definition) is 3. The molecule has 21 heavy (non-hydrogen) atoms. The quantitative estimate of drug-likeness (QED) is 0.744. The lowest BCUT2D eigenvalue weighted by Gasteiger charge is -2.07. The van der Waals surface area contributed by atoms with Gasteiger partial charge in [-0.2, -0.15) is 0 Å². The van der Waals surface area contributed by atoms with Gasteiger partial charge in [0.2, 0.25) is 5.76 Å². The molecule has 1 amide bonds. The maximum atomic E-state index is 12.3. The minimum absolute atomic E-state index is 0.116. The average molecular weight is 301 g/mol. The van der Waals surface area contributed by atoms with Crippen molar-refractivity contribution in [2.24, 2.45) is 0 Å². The molecule has 0 spiro atoms. The SMILES string of the molecule is Cc1cc(Cl)ccc1NC(=O)c1oc2ccccc2c1N. The molecule has 0 aliphatic heterocycles. The van der Waals surface area contributed by atoms with Crippen molar-refractivity contribution in [3.63, 3.8) is 0 Å². The maximum Gasteiger partial charge on any atom is 0.293 e. The highest BCUT2D eigenvalue weighted by Crippen LogP contribution is 2.29. The third kappa shape index (κ3) is 2.45. The van der Waals surface area contributed by atoms with Gasteiger partial charge < -0.3 is 15.5 Å². The number of halogens is 1. The van der Waals surface area contributed by atoms with Crippen molar-refractivity contribution < 1.29 is 9.21 Å². The lowest BCUT2D eigenvalue weighted by Crippen LogP contribution is -2.13. The number of benzene rings is 2. The maximum absolute atomic E-state index is 12.3. The first-order chi connectivity index (χ1) is 10.1. The number of aryl methyl sites for hydroxylation is 1. The Morgan fingerprint density at radius 1 is 1.24 bits per heavy atom. The Bertz CT molecular complexity index is 839. The Balaban J connectivity index is 1.95. The van der Waals surface area contributed by atoms with E-state index in [1.54, 1.807) is 24.3 Å². The van der Waals surface area contributed by atoms with Crippen LogP contribution in [0.2, 0.25) is 5.02 Å². The Hall–Kier alpha value is -2.46.